The van der Waals surface area contributed by atoms with Crippen LogP contribution in [0, 0.1) is 6.92 Å². The lowest BCUT2D eigenvalue weighted by Gasteiger charge is -2.16. The number of aromatic nitrogens is 1. The molecule has 5 nitrogen and oxygen atoms in total. The molecule has 0 spiro atoms. The Bertz CT molecular complexity index is 680. The van der Waals surface area contributed by atoms with Gasteiger partial charge in [0.15, 0.2) is 4.21 Å². The number of rotatable bonds is 4. The molecule has 0 amide bonds. The molecule has 1 aromatic heterocycles. The zero-order chi connectivity index (χ0) is 14.0. The molecule has 2 N–H and O–H groups in total. The van der Waals surface area contributed by atoms with Crippen molar-refractivity contribution in [3.05, 3.63) is 41.0 Å². The van der Waals surface area contributed by atoms with Crippen LogP contribution in [0.3, 0.4) is 0 Å². The number of nitrogens with two attached hydrogens (primary N) is 1. The lowest BCUT2D eigenvalue weighted by Crippen LogP contribution is -2.26. The molecule has 0 saturated carbocycles. The van der Waals surface area contributed by atoms with Crippen molar-refractivity contribution in [2.24, 2.45) is 0 Å². The van der Waals surface area contributed by atoms with E-state index >= 15 is 0 Å². The van der Waals surface area contributed by atoms with E-state index in [1.165, 1.54) is 28.9 Å². The van der Waals surface area contributed by atoms with Gasteiger partial charge in [0.25, 0.3) is 10.0 Å². The van der Waals surface area contributed by atoms with Crippen LogP contribution >= 0.6 is 11.3 Å². The second kappa shape index (κ2) is 5.28. The predicted octanol–water partition coefficient (Wildman–Crippen LogP) is 1.85. The summed E-state index contributed by atoms with van der Waals surface area (Å²) in [6.45, 7) is 2.02. The third-order valence-corrected chi connectivity index (χ3v) is 5.87. The van der Waals surface area contributed by atoms with E-state index in [-0.39, 0.29) is 10.8 Å². The Morgan fingerprint density at radius 1 is 1.37 bits per heavy atom. The van der Waals surface area contributed by atoms with Crippen LogP contribution in [-0.4, -0.2) is 24.8 Å². The molecule has 19 heavy (non-hydrogen) atoms. The quantitative estimate of drug-likeness (QED) is 0.874. The number of sulfonamides is 1. The number of hydrogen-bond donors (Lipinski definition) is 1. The van der Waals surface area contributed by atoms with Crippen LogP contribution in [0.2, 0.25) is 0 Å². The van der Waals surface area contributed by atoms with Gasteiger partial charge in [-0.1, -0.05) is 18.2 Å². The first kappa shape index (κ1) is 14.0. The maximum absolute atomic E-state index is 12.3. The van der Waals surface area contributed by atoms with E-state index in [0.717, 1.165) is 10.6 Å². The summed E-state index contributed by atoms with van der Waals surface area (Å²) in [6, 6.07) is 7.23. The maximum Gasteiger partial charge on any atom is 0.254 e. The number of thiazole rings is 1. The van der Waals surface area contributed by atoms with Crippen LogP contribution in [0.5, 0.6) is 0 Å². The van der Waals surface area contributed by atoms with Gasteiger partial charge < -0.3 is 5.73 Å². The van der Waals surface area contributed by atoms with Gasteiger partial charge in [-0.3, -0.25) is 0 Å². The molecule has 1 heterocycles. The highest BCUT2D eigenvalue weighted by Gasteiger charge is 2.23. The van der Waals surface area contributed by atoms with Gasteiger partial charge in [0, 0.05) is 19.3 Å². The fraction of sp³-hybridized carbons (Fsp3) is 0.250. The Morgan fingerprint density at radius 2 is 2.05 bits per heavy atom. The second-order valence-electron chi connectivity index (χ2n) is 4.16. The SMILES string of the molecule is Cc1ncc(S(=O)(=O)N(C)Cc2ccccc2N)s1. The summed E-state index contributed by atoms with van der Waals surface area (Å²) in [4.78, 5) is 3.98. The van der Waals surface area contributed by atoms with Gasteiger partial charge in [-0.2, -0.15) is 4.31 Å². The van der Waals surface area contributed by atoms with E-state index in [1.807, 2.05) is 18.2 Å². The number of benzene rings is 1. The highest BCUT2D eigenvalue weighted by Crippen LogP contribution is 2.23. The third-order valence-electron chi connectivity index (χ3n) is 2.71. The summed E-state index contributed by atoms with van der Waals surface area (Å²) in [5.41, 5.74) is 7.20. The van der Waals surface area contributed by atoms with E-state index in [4.69, 9.17) is 5.73 Å². The van der Waals surface area contributed by atoms with Gasteiger partial charge in [0.1, 0.15) is 0 Å². The second-order valence-corrected chi connectivity index (χ2v) is 7.66. The Balaban J connectivity index is 2.25. The fourth-order valence-corrected chi connectivity index (χ4v) is 4.09. The van der Waals surface area contributed by atoms with Gasteiger partial charge in [-0.15, -0.1) is 11.3 Å². The number of nitrogen functional groups attached to an aromatic ring is 1. The standard InChI is InChI=1S/C12H15N3O2S2/c1-9-14-7-12(18-9)19(16,17)15(2)8-10-5-3-4-6-11(10)13/h3-7H,8,13H2,1-2H3. The fourth-order valence-electron chi connectivity index (χ4n) is 1.62. The molecule has 0 aliphatic rings. The number of hydrogen-bond acceptors (Lipinski definition) is 5. The maximum atomic E-state index is 12.3. The van der Waals surface area contributed by atoms with Crippen LogP contribution in [-0.2, 0) is 16.6 Å². The summed E-state index contributed by atoms with van der Waals surface area (Å²) in [5, 5.41) is 0.728. The smallest absolute Gasteiger partial charge is 0.254 e. The van der Waals surface area contributed by atoms with E-state index < -0.39 is 10.0 Å². The lowest BCUT2D eigenvalue weighted by atomic mass is 10.2. The molecule has 0 radical (unpaired) electrons. The lowest BCUT2D eigenvalue weighted by molar-refractivity contribution is 0.469. The highest BCUT2D eigenvalue weighted by molar-refractivity contribution is 7.91. The molecule has 2 aromatic rings. The van der Waals surface area contributed by atoms with Crippen molar-refractivity contribution >= 4 is 27.0 Å². The molecular weight excluding hydrogens is 282 g/mol. The Hall–Kier alpha value is -1.44. The molecule has 0 aliphatic heterocycles. The number of anilines is 1. The van der Waals surface area contributed by atoms with Gasteiger partial charge in [-0.05, 0) is 18.6 Å². The Morgan fingerprint density at radius 3 is 2.63 bits per heavy atom. The molecule has 0 aliphatic carbocycles. The van der Waals surface area contributed by atoms with Crippen LogP contribution in [0.4, 0.5) is 5.69 Å². The van der Waals surface area contributed by atoms with Crippen LogP contribution < -0.4 is 5.73 Å². The number of para-hydroxylation sites is 1. The van der Waals surface area contributed by atoms with E-state index in [0.29, 0.717) is 5.69 Å². The van der Waals surface area contributed by atoms with E-state index in [1.54, 1.807) is 13.0 Å². The van der Waals surface area contributed by atoms with Crippen molar-refractivity contribution in [2.75, 3.05) is 12.8 Å². The Labute approximate surface area is 116 Å². The minimum atomic E-state index is -3.50. The average Bonchev–Trinajstić information content (AvgIpc) is 2.79. The van der Waals surface area contributed by atoms with Crippen LogP contribution in [0.15, 0.2) is 34.7 Å². The van der Waals surface area contributed by atoms with Crippen molar-refractivity contribution in [1.82, 2.24) is 9.29 Å². The first-order valence-corrected chi connectivity index (χ1v) is 7.89. The van der Waals surface area contributed by atoms with E-state index in [2.05, 4.69) is 4.98 Å². The number of aryl methyl sites for hydroxylation is 1. The van der Waals surface area contributed by atoms with Gasteiger partial charge in [-0.25, -0.2) is 13.4 Å². The zero-order valence-electron chi connectivity index (χ0n) is 10.7. The molecule has 0 saturated heterocycles. The van der Waals surface area contributed by atoms with Crippen molar-refractivity contribution in [3.63, 3.8) is 0 Å². The highest BCUT2D eigenvalue weighted by atomic mass is 32.2. The minimum absolute atomic E-state index is 0.242. The normalized spacial score (nSPS) is 11.9. The first-order chi connectivity index (χ1) is 8.91. The van der Waals surface area contributed by atoms with Gasteiger partial charge >= 0.3 is 0 Å². The zero-order valence-corrected chi connectivity index (χ0v) is 12.3. The average molecular weight is 297 g/mol. The predicted molar refractivity (Wildman–Crippen MR) is 76.4 cm³/mol. The summed E-state index contributed by atoms with van der Waals surface area (Å²) >= 11 is 1.17. The molecule has 0 fully saturated rings. The van der Waals surface area contributed by atoms with Crippen LogP contribution in [0.25, 0.3) is 0 Å². The van der Waals surface area contributed by atoms with Gasteiger partial charge in [0.2, 0.25) is 0 Å². The molecule has 0 unspecified atom stereocenters. The topological polar surface area (TPSA) is 76.3 Å². The first-order valence-electron chi connectivity index (χ1n) is 5.63. The monoisotopic (exact) mass is 297 g/mol. The molecule has 0 bridgehead atoms. The number of nitrogens with zero attached hydrogens (tertiary/aromatic N) is 2. The van der Waals surface area contributed by atoms with Crippen molar-refractivity contribution in [1.29, 1.82) is 0 Å². The molecule has 7 heteroatoms. The Kier molecular flexibility index (Phi) is 3.88. The molecular formula is C12H15N3O2S2. The summed E-state index contributed by atoms with van der Waals surface area (Å²) < 4.78 is 26.2. The molecule has 0 atom stereocenters. The molecule has 102 valence electrons. The summed E-state index contributed by atoms with van der Waals surface area (Å²) in [6.07, 6.45) is 1.39. The molecule has 2 rings (SSSR count). The summed E-state index contributed by atoms with van der Waals surface area (Å²) in [5.74, 6) is 0. The minimum Gasteiger partial charge on any atom is -0.398 e. The van der Waals surface area contributed by atoms with Crippen LogP contribution in [0.1, 0.15) is 10.6 Å². The summed E-state index contributed by atoms with van der Waals surface area (Å²) in [7, 11) is -1.96. The third kappa shape index (κ3) is 2.94. The van der Waals surface area contributed by atoms with Gasteiger partial charge in [0.05, 0.1) is 11.2 Å². The van der Waals surface area contributed by atoms with Crippen molar-refractivity contribution in [3.8, 4) is 0 Å². The molecule has 1 aromatic carbocycles. The van der Waals surface area contributed by atoms with Crippen molar-refractivity contribution in [2.45, 2.75) is 17.7 Å². The largest absolute Gasteiger partial charge is 0.398 e. The van der Waals surface area contributed by atoms with E-state index in [9.17, 15) is 8.42 Å². The van der Waals surface area contributed by atoms with Crippen molar-refractivity contribution < 1.29 is 8.42 Å².